The summed E-state index contributed by atoms with van der Waals surface area (Å²) in [5.41, 5.74) is 0.642. The first-order chi connectivity index (χ1) is 7.92. The third-order valence-electron chi connectivity index (χ3n) is 1.91. The molecule has 0 aliphatic carbocycles. The predicted octanol–water partition coefficient (Wildman–Crippen LogP) is -2.63. The zero-order valence-electron chi connectivity index (χ0n) is 10.2. The van der Waals surface area contributed by atoms with Gasteiger partial charge in [-0.15, -0.1) is 0 Å². The summed E-state index contributed by atoms with van der Waals surface area (Å²) in [5.74, 6) is -0.226. The third kappa shape index (κ3) is 6.83. The van der Waals surface area contributed by atoms with Crippen molar-refractivity contribution >= 4 is 16.3 Å². The van der Waals surface area contributed by atoms with Crippen molar-refractivity contribution in [2.75, 3.05) is 19.4 Å². The maximum Gasteiger partial charge on any atom is 1.00 e. The van der Waals surface area contributed by atoms with E-state index >= 15 is 0 Å². The monoisotopic (exact) mass is 297 g/mol. The average molecular weight is 297 g/mol. The first-order valence-corrected chi connectivity index (χ1v) is 6.30. The molecule has 18 heavy (non-hydrogen) atoms. The van der Waals surface area contributed by atoms with Gasteiger partial charge in [-0.1, -0.05) is 0 Å². The molecule has 0 spiro atoms. The zero-order valence-corrected chi connectivity index (χ0v) is 14.1. The normalized spacial score (nSPS) is 11.2. The van der Waals surface area contributed by atoms with E-state index in [1.807, 2.05) is 0 Å². The SMILES string of the molecule is COc1cc(C=NCCS(=O)(=O)[O-])ccc1O.[K+]. The van der Waals surface area contributed by atoms with Gasteiger partial charge in [0, 0.05) is 6.21 Å². The summed E-state index contributed by atoms with van der Waals surface area (Å²) in [5, 5.41) is 9.32. The molecule has 0 amide bonds. The van der Waals surface area contributed by atoms with E-state index in [9.17, 15) is 18.1 Å². The molecule has 0 saturated carbocycles. The standard InChI is InChI=1S/C10H13NO5S.K/c1-16-10-6-8(2-3-9(10)12)7-11-4-5-17(13,14)15;/h2-3,6-7,12H,4-5H2,1H3,(H,13,14,15);/q;+1/p-1. The second-order valence-corrected chi connectivity index (χ2v) is 4.75. The van der Waals surface area contributed by atoms with Gasteiger partial charge >= 0.3 is 51.4 Å². The number of hydrogen-bond acceptors (Lipinski definition) is 6. The number of phenols is 1. The summed E-state index contributed by atoms with van der Waals surface area (Å²) in [7, 11) is -2.81. The number of aromatic hydroxyl groups is 1. The van der Waals surface area contributed by atoms with Crippen LogP contribution in [0.15, 0.2) is 23.2 Å². The van der Waals surface area contributed by atoms with E-state index in [1.54, 1.807) is 12.1 Å². The zero-order chi connectivity index (χ0) is 12.9. The number of methoxy groups -OCH3 is 1. The van der Waals surface area contributed by atoms with Crippen LogP contribution in [0.25, 0.3) is 0 Å². The van der Waals surface area contributed by atoms with Crippen molar-refractivity contribution in [2.45, 2.75) is 0 Å². The number of hydrogen-bond donors (Lipinski definition) is 1. The summed E-state index contributed by atoms with van der Waals surface area (Å²) in [4.78, 5) is 3.79. The summed E-state index contributed by atoms with van der Waals surface area (Å²) in [6.45, 7) is -0.0883. The van der Waals surface area contributed by atoms with Gasteiger partial charge in [0.1, 0.15) is 0 Å². The Bertz CT molecular complexity index is 515. The van der Waals surface area contributed by atoms with Gasteiger partial charge in [0.15, 0.2) is 11.5 Å². The molecule has 0 aromatic heterocycles. The molecule has 0 unspecified atom stereocenters. The smallest absolute Gasteiger partial charge is 0.748 e. The molecule has 0 bridgehead atoms. The van der Waals surface area contributed by atoms with E-state index in [4.69, 9.17) is 4.74 Å². The van der Waals surface area contributed by atoms with Crippen molar-refractivity contribution in [3.63, 3.8) is 0 Å². The molecule has 6 nitrogen and oxygen atoms in total. The molecule has 0 aliphatic rings. The van der Waals surface area contributed by atoms with E-state index in [-0.39, 0.29) is 63.7 Å². The Morgan fingerprint density at radius 3 is 2.72 bits per heavy atom. The number of aliphatic imine (C=N–C) groups is 1. The molecular weight excluding hydrogens is 285 g/mol. The molecule has 1 aromatic rings. The fraction of sp³-hybridized carbons (Fsp3) is 0.300. The molecule has 8 heteroatoms. The predicted molar refractivity (Wildman–Crippen MR) is 61.7 cm³/mol. The number of rotatable bonds is 5. The van der Waals surface area contributed by atoms with Crippen LogP contribution in [-0.4, -0.2) is 43.7 Å². The van der Waals surface area contributed by atoms with Crippen LogP contribution in [0.4, 0.5) is 0 Å². The molecule has 1 aromatic carbocycles. The van der Waals surface area contributed by atoms with Crippen LogP contribution in [0.3, 0.4) is 0 Å². The van der Waals surface area contributed by atoms with E-state index in [2.05, 4.69) is 4.99 Å². The van der Waals surface area contributed by atoms with Crippen molar-refractivity contribution in [2.24, 2.45) is 4.99 Å². The minimum Gasteiger partial charge on any atom is -0.748 e. The molecule has 1 N–H and O–H groups in total. The Balaban J connectivity index is 0.00000289. The Morgan fingerprint density at radius 1 is 1.50 bits per heavy atom. The molecule has 0 aliphatic heterocycles. The largest absolute Gasteiger partial charge is 1.00 e. The number of phenolic OH excluding ortho intramolecular Hbond substituents is 1. The molecule has 94 valence electrons. The molecule has 1 rings (SSSR count). The Labute approximate surface area is 148 Å². The van der Waals surface area contributed by atoms with Crippen molar-refractivity contribution in [3.05, 3.63) is 23.8 Å². The first kappa shape index (κ1) is 18.0. The molecule has 0 saturated heterocycles. The average Bonchev–Trinajstić information content (AvgIpc) is 2.25. The van der Waals surface area contributed by atoms with Gasteiger partial charge < -0.3 is 14.4 Å². The minimum absolute atomic E-state index is 0. The number of benzene rings is 1. The van der Waals surface area contributed by atoms with Crippen molar-refractivity contribution in [1.82, 2.24) is 0 Å². The van der Waals surface area contributed by atoms with E-state index in [1.165, 1.54) is 19.4 Å². The number of ether oxygens (including phenoxy) is 1. The topological polar surface area (TPSA) is 99.0 Å². The van der Waals surface area contributed by atoms with Gasteiger partial charge in [0.05, 0.1) is 29.5 Å². The van der Waals surface area contributed by atoms with Crippen LogP contribution in [0, 0.1) is 0 Å². The van der Waals surface area contributed by atoms with Crippen LogP contribution in [-0.2, 0) is 10.1 Å². The van der Waals surface area contributed by atoms with E-state index < -0.39 is 15.9 Å². The van der Waals surface area contributed by atoms with Gasteiger partial charge in [0.2, 0.25) is 0 Å². The first-order valence-electron chi connectivity index (χ1n) is 4.73. The van der Waals surface area contributed by atoms with E-state index in [0.29, 0.717) is 11.3 Å². The quantitative estimate of drug-likeness (QED) is 0.364. The Morgan fingerprint density at radius 2 is 2.17 bits per heavy atom. The maximum atomic E-state index is 10.3. The summed E-state index contributed by atoms with van der Waals surface area (Å²) >= 11 is 0. The molecule has 0 fully saturated rings. The van der Waals surface area contributed by atoms with Gasteiger partial charge in [-0.3, -0.25) is 4.99 Å². The fourth-order valence-electron chi connectivity index (χ4n) is 1.11. The van der Waals surface area contributed by atoms with Crippen molar-refractivity contribution in [3.8, 4) is 11.5 Å². The summed E-state index contributed by atoms with van der Waals surface area (Å²) in [6, 6.07) is 4.57. The summed E-state index contributed by atoms with van der Waals surface area (Å²) < 4.78 is 35.8. The van der Waals surface area contributed by atoms with Gasteiger partial charge in [0.25, 0.3) is 0 Å². The Hall–Kier alpha value is 0.0364. The fourth-order valence-corrected chi connectivity index (χ4v) is 1.44. The molecule has 0 radical (unpaired) electrons. The second-order valence-electron chi connectivity index (χ2n) is 3.23. The van der Waals surface area contributed by atoms with Gasteiger partial charge in [-0.2, -0.15) is 0 Å². The Kier molecular flexibility index (Phi) is 8.27. The van der Waals surface area contributed by atoms with Crippen molar-refractivity contribution < 1.29 is 74.2 Å². The second kappa shape index (κ2) is 8.26. The van der Waals surface area contributed by atoms with Crippen LogP contribution in [0.1, 0.15) is 5.56 Å². The molecular formula is C10H12KNO5S. The van der Waals surface area contributed by atoms with Gasteiger partial charge in [-0.05, 0) is 23.8 Å². The maximum absolute atomic E-state index is 10.3. The van der Waals surface area contributed by atoms with Gasteiger partial charge in [-0.25, -0.2) is 8.42 Å². The molecule has 0 atom stereocenters. The van der Waals surface area contributed by atoms with Crippen LogP contribution in [0.2, 0.25) is 0 Å². The third-order valence-corrected chi connectivity index (χ3v) is 2.60. The van der Waals surface area contributed by atoms with Crippen LogP contribution in [0.5, 0.6) is 11.5 Å². The van der Waals surface area contributed by atoms with Crippen LogP contribution >= 0.6 is 0 Å². The molecule has 0 heterocycles. The van der Waals surface area contributed by atoms with Crippen LogP contribution < -0.4 is 56.1 Å². The van der Waals surface area contributed by atoms with E-state index in [0.717, 1.165) is 0 Å². The van der Waals surface area contributed by atoms with Crippen molar-refractivity contribution in [1.29, 1.82) is 0 Å². The minimum atomic E-state index is -4.23. The number of nitrogens with zero attached hydrogens (tertiary/aromatic N) is 1. The summed E-state index contributed by atoms with van der Waals surface area (Å²) in [6.07, 6.45) is 1.41.